The molecule has 2 saturated heterocycles. The number of carbonyl (C=O) groups excluding carboxylic acids is 1. The Bertz CT molecular complexity index is 357. The van der Waals surface area contributed by atoms with Gasteiger partial charge in [-0.1, -0.05) is 0 Å². The maximum atomic E-state index is 12.0. The average Bonchev–Trinajstić information content (AvgIpc) is 2.82. The number of piperidine rings is 1. The first-order valence-corrected chi connectivity index (χ1v) is 7.10. The van der Waals surface area contributed by atoms with E-state index in [-0.39, 0.29) is 31.4 Å². The topological polar surface area (TPSA) is 99.1 Å². The van der Waals surface area contributed by atoms with Crippen LogP contribution in [0.3, 0.4) is 0 Å². The Labute approximate surface area is 117 Å². The van der Waals surface area contributed by atoms with Crippen LogP contribution in [-0.2, 0) is 14.3 Å². The smallest absolute Gasteiger partial charge is 0.326 e. The number of aliphatic hydroxyl groups is 1. The van der Waals surface area contributed by atoms with E-state index in [1.54, 1.807) is 0 Å². The number of carboxylic acid groups (broad SMARTS) is 1. The van der Waals surface area contributed by atoms with E-state index in [1.807, 2.05) is 0 Å². The molecular weight excluding hydrogens is 264 g/mol. The molecule has 2 rings (SSSR count). The van der Waals surface area contributed by atoms with Gasteiger partial charge in [-0.25, -0.2) is 4.79 Å². The number of hydrogen-bond donors (Lipinski definition) is 3. The second-order valence-electron chi connectivity index (χ2n) is 5.36. The number of hydrogen-bond acceptors (Lipinski definition) is 5. The average molecular weight is 286 g/mol. The predicted octanol–water partition coefficient (Wildman–Crippen LogP) is -0.808. The standard InChI is InChI=1S/C13H22N2O5/c16-9-7-11(13(18)19)15(8-9)12(17)3-6-20-10-1-4-14-5-2-10/h9-11,14,16H,1-8H2,(H,18,19)/t9-,11+/m1/s1. The maximum Gasteiger partial charge on any atom is 0.326 e. The van der Waals surface area contributed by atoms with E-state index in [4.69, 9.17) is 9.84 Å². The Kier molecular flexibility index (Phi) is 5.33. The van der Waals surface area contributed by atoms with Crippen LogP contribution in [0.2, 0.25) is 0 Å². The Morgan fingerprint density at radius 1 is 1.30 bits per heavy atom. The van der Waals surface area contributed by atoms with Crippen molar-refractivity contribution in [1.29, 1.82) is 0 Å². The van der Waals surface area contributed by atoms with E-state index in [2.05, 4.69) is 5.32 Å². The van der Waals surface area contributed by atoms with Gasteiger partial charge in [0.2, 0.25) is 5.91 Å². The van der Waals surface area contributed by atoms with Gasteiger partial charge in [0.1, 0.15) is 6.04 Å². The molecule has 2 aliphatic rings. The zero-order valence-electron chi connectivity index (χ0n) is 11.5. The molecule has 0 unspecified atom stereocenters. The molecule has 0 saturated carbocycles. The lowest BCUT2D eigenvalue weighted by atomic mass is 10.1. The van der Waals surface area contributed by atoms with Gasteiger partial charge in [0, 0.05) is 13.0 Å². The van der Waals surface area contributed by atoms with Gasteiger partial charge in [-0.05, 0) is 25.9 Å². The molecule has 0 aliphatic carbocycles. The van der Waals surface area contributed by atoms with Gasteiger partial charge in [0.15, 0.2) is 0 Å². The summed E-state index contributed by atoms with van der Waals surface area (Å²) in [6.07, 6.45) is 1.59. The highest BCUT2D eigenvalue weighted by molar-refractivity contribution is 5.84. The molecule has 2 aliphatic heterocycles. The van der Waals surface area contributed by atoms with Crippen molar-refractivity contribution in [3.63, 3.8) is 0 Å². The van der Waals surface area contributed by atoms with E-state index in [9.17, 15) is 14.7 Å². The van der Waals surface area contributed by atoms with Crippen molar-refractivity contribution < 1.29 is 24.5 Å². The fourth-order valence-electron chi connectivity index (χ4n) is 2.74. The molecule has 7 heteroatoms. The number of β-amino-alcohol motifs (C(OH)–C–C–N with tert-alkyl or cyclic N) is 1. The molecule has 0 aromatic heterocycles. The normalized spacial score (nSPS) is 27.8. The Balaban J connectivity index is 1.74. The zero-order chi connectivity index (χ0) is 14.5. The minimum absolute atomic E-state index is 0.100. The summed E-state index contributed by atoms with van der Waals surface area (Å²) >= 11 is 0. The fraction of sp³-hybridized carbons (Fsp3) is 0.846. The van der Waals surface area contributed by atoms with Crippen LogP contribution in [0.1, 0.15) is 25.7 Å². The number of nitrogens with one attached hydrogen (secondary N) is 1. The van der Waals surface area contributed by atoms with Crippen molar-refractivity contribution in [2.24, 2.45) is 0 Å². The first-order chi connectivity index (χ1) is 9.58. The molecule has 0 spiro atoms. The summed E-state index contributed by atoms with van der Waals surface area (Å²) in [5, 5.41) is 21.8. The summed E-state index contributed by atoms with van der Waals surface area (Å²) in [7, 11) is 0. The molecule has 0 aromatic carbocycles. The highest BCUT2D eigenvalue weighted by Crippen LogP contribution is 2.19. The number of carbonyl (C=O) groups is 2. The quantitative estimate of drug-likeness (QED) is 0.611. The van der Waals surface area contributed by atoms with Crippen LogP contribution in [-0.4, -0.2) is 71.5 Å². The lowest BCUT2D eigenvalue weighted by Gasteiger charge is -2.24. The minimum Gasteiger partial charge on any atom is -0.480 e. The first kappa shape index (κ1) is 15.2. The maximum absolute atomic E-state index is 12.0. The van der Waals surface area contributed by atoms with E-state index in [0.29, 0.717) is 6.61 Å². The Hall–Kier alpha value is -1.18. The van der Waals surface area contributed by atoms with E-state index in [0.717, 1.165) is 25.9 Å². The summed E-state index contributed by atoms with van der Waals surface area (Å²) in [5.41, 5.74) is 0. The van der Waals surface area contributed by atoms with Crippen LogP contribution in [0, 0.1) is 0 Å². The number of aliphatic hydroxyl groups excluding tert-OH is 1. The van der Waals surface area contributed by atoms with Gasteiger partial charge in [-0.15, -0.1) is 0 Å². The monoisotopic (exact) mass is 286 g/mol. The minimum atomic E-state index is -1.06. The molecule has 0 radical (unpaired) electrons. The number of ether oxygens (including phenoxy) is 1. The van der Waals surface area contributed by atoms with Crippen molar-refractivity contribution >= 4 is 11.9 Å². The van der Waals surface area contributed by atoms with Crippen molar-refractivity contribution in [2.75, 3.05) is 26.2 Å². The summed E-state index contributed by atoms with van der Waals surface area (Å²) in [6.45, 7) is 2.27. The number of nitrogens with zero attached hydrogens (tertiary/aromatic N) is 1. The second kappa shape index (κ2) is 7.01. The fourth-order valence-corrected chi connectivity index (χ4v) is 2.74. The summed E-state index contributed by atoms with van der Waals surface area (Å²) in [5.74, 6) is -1.32. The lowest BCUT2D eigenvalue weighted by Crippen LogP contribution is -2.41. The van der Waals surface area contributed by atoms with Gasteiger partial charge in [0.05, 0.1) is 25.2 Å². The molecule has 2 heterocycles. The van der Waals surface area contributed by atoms with Crippen LogP contribution in [0.15, 0.2) is 0 Å². The lowest BCUT2D eigenvalue weighted by molar-refractivity contribution is -0.148. The number of amides is 1. The SMILES string of the molecule is O=C(O)[C@@H]1C[C@@H](O)CN1C(=O)CCOC1CCNCC1. The van der Waals surface area contributed by atoms with Crippen molar-refractivity contribution in [1.82, 2.24) is 10.2 Å². The Morgan fingerprint density at radius 2 is 2.00 bits per heavy atom. The van der Waals surface area contributed by atoms with Gasteiger partial charge >= 0.3 is 5.97 Å². The van der Waals surface area contributed by atoms with Crippen LogP contribution >= 0.6 is 0 Å². The summed E-state index contributed by atoms with van der Waals surface area (Å²) in [4.78, 5) is 24.3. The summed E-state index contributed by atoms with van der Waals surface area (Å²) in [6, 6.07) is -0.906. The van der Waals surface area contributed by atoms with E-state index < -0.39 is 18.1 Å². The van der Waals surface area contributed by atoms with Gasteiger partial charge in [-0.3, -0.25) is 4.79 Å². The molecular formula is C13H22N2O5. The third-order valence-corrected chi connectivity index (χ3v) is 3.84. The molecule has 0 bridgehead atoms. The van der Waals surface area contributed by atoms with Crippen LogP contribution in [0.25, 0.3) is 0 Å². The number of carboxylic acids is 1. The van der Waals surface area contributed by atoms with Crippen LogP contribution in [0.5, 0.6) is 0 Å². The predicted molar refractivity (Wildman–Crippen MR) is 70.2 cm³/mol. The van der Waals surface area contributed by atoms with Gasteiger partial charge < -0.3 is 25.2 Å². The van der Waals surface area contributed by atoms with Crippen LogP contribution in [0.4, 0.5) is 0 Å². The number of aliphatic carboxylic acids is 1. The Morgan fingerprint density at radius 3 is 2.65 bits per heavy atom. The van der Waals surface area contributed by atoms with Crippen molar-refractivity contribution in [3.8, 4) is 0 Å². The molecule has 0 aromatic rings. The molecule has 3 N–H and O–H groups in total. The number of rotatable bonds is 5. The third-order valence-electron chi connectivity index (χ3n) is 3.84. The van der Waals surface area contributed by atoms with E-state index in [1.165, 1.54) is 4.90 Å². The largest absolute Gasteiger partial charge is 0.480 e. The summed E-state index contributed by atoms with van der Waals surface area (Å²) < 4.78 is 5.64. The molecule has 114 valence electrons. The van der Waals surface area contributed by atoms with E-state index >= 15 is 0 Å². The molecule has 1 amide bonds. The highest BCUT2D eigenvalue weighted by atomic mass is 16.5. The van der Waals surface area contributed by atoms with Crippen LogP contribution < -0.4 is 5.32 Å². The molecule has 20 heavy (non-hydrogen) atoms. The van der Waals surface area contributed by atoms with Gasteiger partial charge in [0.25, 0.3) is 0 Å². The zero-order valence-corrected chi connectivity index (χ0v) is 11.5. The van der Waals surface area contributed by atoms with Gasteiger partial charge in [-0.2, -0.15) is 0 Å². The highest BCUT2D eigenvalue weighted by Gasteiger charge is 2.38. The first-order valence-electron chi connectivity index (χ1n) is 7.10. The second-order valence-corrected chi connectivity index (χ2v) is 5.36. The molecule has 7 nitrogen and oxygen atoms in total. The van der Waals surface area contributed by atoms with Crippen molar-refractivity contribution in [3.05, 3.63) is 0 Å². The molecule has 2 atom stereocenters. The van der Waals surface area contributed by atoms with Crippen molar-refractivity contribution in [2.45, 2.75) is 43.9 Å². The molecule has 2 fully saturated rings. The number of likely N-dealkylation sites (tertiary alicyclic amines) is 1. The third kappa shape index (κ3) is 3.91.